The fourth-order valence-corrected chi connectivity index (χ4v) is 2.26. The topological polar surface area (TPSA) is 63.6 Å². The van der Waals surface area contributed by atoms with Crippen LogP contribution in [0.4, 0.5) is 0 Å². The van der Waals surface area contributed by atoms with Crippen molar-refractivity contribution in [3.63, 3.8) is 0 Å². The molecule has 0 aromatic rings. The van der Waals surface area contributed by atoms with Crippen LogP contribution in [0.5, 0.6) is 0 Å². The Labute approximate surface area is 148 Å². The summed E-state index contributed by atoms with van der Waals surface area (Å²) >= 11 is 0. The van der Waals surface area contributed by atoms with E-state index in [4.69, 9.17) is 4.55 Å². The third-order valence-electron chi connectivity index (χ3n) is 2.98. The van der Waals surface area contributed by atoms with Crippen LogP contribution < -0.4 is 0 Å². The van der Waals surface area contributed by atoms with Gasteiger partial charge in [0.2, 0.25) is 0 Å². The smallest absolute Gasteiger partial charge is 0.264 e. The Kier molecular flexibility index (Phi) is 18.3. The quantitative estimate of drug-likeness (QED) is 0.319. The van der Waals surface area contributed by atoms with Gasteiger partial charge >= 0.3 is 48.1 Å². The van der Waals surface area contributed by atoms with Gasteiger partial charge in [-0.25, -0.2) is 4.18 Å². The predicted octanol–water partition coefficient (Wildman–Crippen LogP) is 3.74. The minimum atomic E-state index is -4.24. The van der Waals surface area contributed by atoms with Crippen molar-refractivity contribution >= 4 is 48.1 Å². The van der Waals surface area contributed by atoms with E-state index in [0.717, 1.165) is 12.8 Å². The first kappa shape index (κ1) is 22.4. The van der Waals surface area contributed by atoms with E-state index in [0.29, 0.717) is 6.42 Å². The molecule has 1 N–H and O–H groups in total. The zero-order valence-corrected chi connectivity index (χ0v) is 15.3. The van der Waals surface area contributed by atoms with Gasteiger partial charge in [-0.3, -0.25) is 4.55 Å². The van der Waals surface area contributed by atoms with Gasteiger partial charge in [-0.1, -0.05) is 71.1 Å². The van der Waals surface area contributed by atoms with Crippen molar-refractivity contribution in [1.29, 1.82) is 0 Å². The second-order valence-corrected chi connectivity index (χ2v) is 5.88. The minimum Gasteiger partial charge on any atom is -0.264 e. The molecule has 0 aliphatic carbocycles. The molecule has 0 heterocycles. The summed E-state index contributed by atoms with van der Waals surface area (Å²) in [5.74, 6) is 0. The van der Waals surface area contributed by atoms with Gasteiger partial charge in [-0.2, -0.15) is 8.42 Å². The van der Waals surface area contributed by atoms with E-state index < -0.39 is 10.4 Å². The van der Waals surface area contributed by atoms with Crippen molar-refractivity contribution in [1.82, 2.24) is 0 Å². The molecule has 6 heteroatoms. The molecule has 0 radical (unpaired) electrons. The average molecular weight is 321 g/mol. The Morgan fingerprint density at radius 3 is 1.53 bits per heavy atom. The van der Waals surface area contributed by atoms with E-state index in [2.05, 4.69) is 11.1 Å². The van der Waals surface area contributed by atoms with E-state index in [1.807, 2.05) is 0 Å². The molecule has 0 unspecified atom stereocenters. The maximum Gasteiger partial charge on any atom is 2.00 e. The van der Waals surface area contributed by atoms with Gasteiger partial charge in [-0.05, 0) is 6.42 Å². The maximum absolute atomic E-state index is 10.2. The molecular formula is C13H28CaO4S+2. The van der Waals surface area contributed by atoms with Crippen molar-refractivity contribution in [3.8, 4) is 0 Å². The molecule has 0 aliphatic rings. The summed E-state index contributed by atoms with van der Waals surface area (Å²) in [6.07, 6.45) is 13.3. The Morgan fingerprint density at radius 1 is 0.789 bits per heavy atom. The van der Waals surface area contributed by atoms with Crippen LogP contribution in [0.25, 0.3) is 0 Å². The van der Waals surface area contributed by atoms with E-state index in [-0.39, 0.29) is 44.3 Å². The molecular weight excluding hydrogens is 292 g/mol. The fourth-order valence-electron chi connectivity index (χ4n) is 1.93. The largest absolute Gasteiger partial charge is 2.00 e. The zero-order chi connectivity index (χ0) is 13.7. The van der Waals surface area contributed by atoms with Gasteiger partial charge in [0.15, 0.2) is 0 Å². The third kappa shape index (κ3) is 21.6. The maximum atomic E-state index is 10.2. The van der Waals surface area contributed by atoms with Crippen LogP contribution >= 0.6 is 0 Å². The van der Waals surface area contributed by atoms with Gasteiger partial charge in [0.25, 0.3) is 0 Å². The first-order chi connectivity index (χ1) is 8.56. The summed E-state index contributed by atoms with van der Waals surface area (Å²) in [5, 5.41) is 0. The van der Waals surface area contributed by atoms with Crippen LogP contribution in [0, 0.1) is 0 Å². The summed E-state index contributed by atoms with van der Waals surface area (Å²) in [4.78, 5) is 0. The molecule has 0 atom stereocenters. The van der Waals surface area contributed by atoms with Gasteiger partial charge in [-0.15, -0.1) is 0 Å². The molecule has 19 heavy (non-hydrogen) atoms. The Morgan fingerprint density at radius 2 is 1.16 bits per heavy atom. The third-order valence-corrected chi connectivity index (χ3v) is 3.44. The van der Waals surface area contributed by atoms with Crippen LogP contribution in [-0.2, 0) is 14.6 Å². The molecule has 0 amide bonds. The zero-order valence-electron chi connectivity index (χ0n) is 12.3. The van der Waals surface area contributed by atoms with Gasteiger partial charge in [0, 0.05) is 0 Å². The molecule has 0 aliphatic heterocycles. The summed E-state index contributed by atoms with van der Waals surface area (Å²) in [6.45, 7) is 2.32. The van der Waals surface area contributed by atoms with Crippen LogP contribution in [0.15, 0.2) is 0 Å². The van der Waals surface area contributed by atoms with Crippen molar-refractivity contribution in [2.45, 2.75) is 77.6 Å². The number of hydrogen-bond acceptors (Lipinski definition) is 3. The summed E-state index contributed by atoms with van der Waals surface area (Å²) < 4.78 is 33.1. The number of unbranched alkanes of at least 4 members (excludes halogenated alkanes) is 10. The van der Waals surface area contributed by atoms with E-state index in [1.54, 1.807) is 0 Å². The molecule has 0 bridgehead atoms. The van der Waals surface area contributed by atoms with E-state index in [1.165, 1.54) is 51.4 Å². The Bertz CT molecular complexity index is 268. The van der Waals surface area contributed by atoms with Gasteiger partial charge in [0.1, 0.15) is 0 Å². The van der Waals surface area contributed by atoms with Crippen LogP contribution in [0.2, 0.25) is 0 Å². The number of hydrogen-bond donors (Lipinski definition) is 1. The SMILES string of the molecule is CCCCCCCCCCCCCOS(=O)(=O)O.[Ca+2]. The van der Waals surface area contributed by atoms with Crippen molar-refractivity contribution in [2.75, 3.05) is 6.61 Å². The molecule has 0 saturated heterocycles. The van der Waals surface area contributed by atoms with Crippen molar-refractivity contribution in [2.24, 2.45) is 0 Å². The minimum absolute atomic E-state index is 0. The molecule has 0 aromatic carbocycles. The molecule has 110 valence electrons. The molecule has 0 spiro atoms. The number of rotatable bonds is 13. The molecule has 0 fully saturated rings. The molecule has 0 rings (SSSR count). The van der Waals surface area contributed by atoms with Crippen LogP contribution in [-0.4, -0.2) is 57.3 Å². The van der Waals surface area contributed by atoms with E-state index >= 15 is 0 Å². The standard InChI is InChI=1S/C13H28O4S.Ca/c1-2-3-4-5-6-7-8-9-10-11-12-13-17-18(14,15)16;/h2-13H2,1H3,(H,14,15,16);/q;+2. The van der Waals surface area contributed by atoms with E-state index in [9.17, 15) is 8.42 Å². The summed E-state index contributed by atoms with van der Waals surface area (Å²) in [7, 11) is -4.24. The average Bonchev–Trinajstić information content (AvgIpc) is 2.29. The van der Waals surface area contributed by atoms with Gasteiger partial charge in [0.05, 0.1) is 6.61 Å². The van der Waals surface area contributed by atoms with Crippen LogP contribution in [0.3, 0.4) is 0 Å². The first-order valence-corrected chi connectivity index (χ1v) is 8.54. The molecule has 0 saturated carbocycles. The van der Waals surface area contributed by atoms with Crippen molar-refractivity contribution < 1.29 is 17.2 Å². The summed E-state index contributed by atoms with van der Waals surface area (Å²) in [5.41, 5.74) is 0. The second kappa shape index (κ2) is 15.5. The Hall–Kier alpha value is 1.13. The second-order valence-electron chi connectivity index (χ2n) is 4.79. The Balaban J connectivity index is 0. The molecule has 0 aromatic heterocycles. The van der Waals surface area contributed by atoms with Gasteiger partial charge < -0.3 is 0 Å². The summed E-state index contributed by atoms with van der Waals surface area (Å²) in [6, 6.07) is 0. The first-order valence-electron chi connectivity index (χ1n) is 7.18. The fraction of sp³-hybridized carbons (Fsp3) is 1.00. The van der Waals surface area contributed by atoms with Crippen molar-refractivity contribution in [3.05, 3.63) is 0 Å². The van der Waals surface area contributed by atoms with Crippen LogP contribution in [0.1, 0.15) is 77.6 Å². The monoisotopic (exact) mass is 320 g/mol. The molecule has 4 nitrogen and oxygen atoms in total. The predicted molar refractivity (Wildman–Crippen MR) is 79.7 cm³/mol. The normalized spacial score (nSPS) is 11.3.